The van der Waals surface area contributed by atoms with Crippen LogP contribution in [0.15, 0.2) is 34.9 Å². The lowest BCUT2D eigenvalue weighted by Gasteiger charge is -2.37. The molecule has 1 aromatic carbocycles. The molecule has 3 heterocycles. The van der Waals surface area contributed by atoms with Gasteiger partial charge < -0.3 is 19.1 Å². The van der Waals surface area contributed by atoms with Crippen molar-refractivity contribution in [3.63, 3.8) is 0 Å². The average Bonchev–Trinajstić information content (AvgIpc) is 3.36. The number of carbonyl (C=O) groups excluding carboxylic acids is 3. The standard InChI is InChI=1S/C21H23N3O5/c1-4-13-9-17(29-22-13)20(27)24-10-15(19(26)23(2)3)21(11-24)12-28-16-8-6-5-7-14(16)18(21)25/h5-9,15H,4,10-12H2,1-3H3/t15-,21-/m1/s1. The fourth-order valence-corrected chi connectivity index (χ4v) is 4.12. The molecule has 2 aliphatic heterocycles. The first-order valence-corrected chi connectivity index (χ1v) is 9.60. The van der Waals surface area contributed by atoms with Gasteiger partial charge in [0.2, 0.25) is 11.7 Å². The van der Waals surface area contributed by atoms with Crippen molar-refractivity contribution in [1.29, 1.82) is 0 Å². The number of amides is 2. The van der Waals surface area contributed by atoms with E-state index < -0.39 is 11.3 Å². The van der Waals surface area contributed by atoms with Gasteiger partial charge in [-0.15, -0.1) is 0 Å². The van der Waals surface area contributed by atoms with Crippen molar-refractivity contribution in [2.75, 3.05) is 33.8 Å². The van der Waals surface area contributed by atoms with Crippen molar-refractivity contribution in [3.8, 4) is 5.75 Å². The summed E-state index contributed by atoms with van der Waals surface area (Å²) in [5.41, 5.74) is -0.00868. The molecule has 0 saturated carbocycles. The first kappa shape index (κ1) is 19.2. The van der Waals surface area contributed by atoms with Gasteiger partial charge in [-0.3, -0.25) is 14.4 Å². The number of rotatable bonds is 3. The number of Topliss-reactive ketones (excluding diaryl/α,β-unsaturated/α-hetero) is 1. The molecule has 8 nitrogen and oxygen atoms in total. The van der Waals surface area contributed by atoms with E-state index in [1.165, 1.54) is 9.80 Å². The number of aryl methyl sites for hydroxylation is 1. The van der Waals surface area contributed by atoms with E-state index in [0.717, 1.165) is 0 Å². The van der Waals surface area contributed by atoms with E-state index >= 15 is 0 Å². The number of ether oxygens (including phenoxy) is 1. The fourth-order valence-electron chi connectivity index (χ4n) is 4.12. The molecule has 152 valence electrons. The van der Waals surface area contributed by atoms with Gasteiger partial charge in [-0.1, -0.05) is 24.2 Å². The number of para-hydroxylation sites is 1. The highest BCUT2D eigenvalue weighted by Crippen LogP contribution is 2.45. The molecule has 2 aromatic rings. The van der Waals surface area contributed by atoms with Crippen LogP contribution in [0.4, 0.5) is 0 Å². The summed E-state index contributed by atoms with van der Waals surface area (Å²) < 4.78 is 11.1. The minimum Gasteiger partial charge on any atom is -0.492 e. The molecule has 2 atom stereocenters. The Hall–Kier alpha value is -3.16. The molecule has 1 saturated heterocycles. The van der Waals surface area contributed by atoms with Gasteiger partial charge in [0, 0.05) is 33.3 Å². The van der Waals surface area contributed by atoms with Gasteiger partial charge in [0.15, 0.2) is 5.78 Å². The van der Waals surface area contributed by atoms with E-state index in [1.807, 2.05) is 6.92 Å². The van der Waals surface area contributed by atoms with Crippen molar-refractivity contribution in [1.82, 2.24) is 15.0 Å². The van der Waals surface area contributed by atoms with Crippen LogP contribution < -0.4 is 4.74 Å². The minimum atomic E-state index is -1.13. The SMILES string of the molecule is CCc1cc(C(=O)N2C[C@H](C(=O)N(C)C)[C@]3(COc4ccccc4C3=O)C2)on1. The summed E-state index contributed by atoms with van der Waals surface area (Å²) in [5, 5.41) is 3.87. The number of likely N-dealkylation sites (tertiary alicyclic amines) is 1. The van der Waals surface area contributed by atoms with Crippen LogP contribution in [0.1, 0.15) is 33.5 Å². The van der Waals surface area contributed by atoms with E-state index in [2.05, 4.69) is 5.16 Å². The average molecular weight is 397 g/mol. The molecule has 4 rings (SSSR count). The second kappa shape index (κ2) is 7.02. The Bertz CT molecular complexity index is 982. The summed E-state index contributed by atoms with van der Waals surface area (Å²) in [6.07, 6.45) is 0.644. The molecule has 29 heavy (non-hydrogen) atoms. The van der Waals surface area contributed by atoms with Crippen molar-refractivity contribution in [2.45, 2.75) is 13.3 Å². The van der Waals surface area contributed by atoms with Crippen LogP contribution in [0.2, 0.25) is 0 Å². The lowest BCUT2D eigenvalue weighted by molar-refractivity contribution is -0.135. The van der Waals surface area contributed by atoms with E-state index in [9.17, 15) is 14.4 Å². The highest BCUT2D eigenvalue weighted by molar-refractivity contribution is 6.07. The Labute approximate surface area is 168 Å². The van der Waals surface area contributed by atoms with Crippen LogP contribution in [-0.4, -0.2) is 66.3 Å². The van der Waals surface area contributed by atoms with E-state index in [0.29, 0.717) is 23.4 Å². The monoisotopic (exact) mass is 397 g/mol. The topological polar surface area (TPSA) is 93.0 Å². The molecule has 1 fully saturated rings. The number of ketones is 1. The number of fused-ring (bicyclic) bond motifs is 1. The van der Waals surface area contributed by atoms with Gasteiger partial charge in [-0.2, -0.15) is 0 Å². The van der Waals surface area contributed by atoms with Crippen molar-refractivity contribution in [3.05, 3.63) is 47.3 Å². The molecule has 0 unspecified atom stereocenters. The summed E-state index contributed by atoms with van der Waals surface area (Å²) in [6, 6.07) is 8.60. The van der Waals surface area contributed by atoms with Crippen molar-refractivity contribution < 1.29 is 23.6 Å². The van der Waals surface area contributed by atoms with E-state index in [4.69, 9.17) is 9.26 Å². The first-order valence-electron chi connectivity index (χ1n) is 9.60. The third kappa shape index (κ3) is 2.99. The van der Waals surface area contributed by atoms with Gasteiger partial charge in [0.1, 0.15) is 12.4 Å². The van der Waals surface area contributed by atoms with Crippen LogP contribution in [0.3, 0.4) is 0 Å². The van der Waals surface area contributed by atoms with E-state index in [1.54, 1.807) is 44.4 Å². The molecule has 0 bridgehead atoms. The van der Waals surface area contributed by atoms with E-state index in [-0.39, 0.29) is 43.1 Å². The van der Waals surface area contributed by atoms with Crippen molar-refractivity contribution >= 4 is 17.6 Å². The van der Waals surface area contributed by atoms with Crippen LogP contribution >= 0.6 is 0 Å². The Balaban J connectivity index is 1.71. The molecular formula is C21H23N3O5. The summed E-state index contributed by atoms with van der Waals surface area (Å²) in [4.78, 5) is 42.4. The van der Waals surface area contributed by atoms with Crippen LogP contribution in [0.5, 0.6) is 5.75 Å². The number of hydrogen-bond acceptors (Lipinski definition) is 6. The maximum absolute atomic E-state index is 13.5. The predicted molar refractivity (Wildman–Crippen MR) is 103 cm³/mol. The Morgan fingerprint density at radius 1 is 1.31 bits per heavy atom. The summed E-state index contributed by atoms with van der Waals surface area (Å²) in [5.74, 6) is -0.829. The molecule has 2 aliphatic rings. The lowest BCUT2D eigenvalue weighted by Crippen LogP contribution is -2.51. The largest absolute Gasteiger partial charge is 0.492 e. The molecule has 0 radical (unpaired) electrons. The molecule has 0 N–H and O–H groups in total. The fraction of sp³-hybridized carbons (Fsp3) is 0.429. The zero-order valence-corrected chi connectivity index (χ0v) is 16.7. The third-order valence-electron chi connectivity index (χ3n) is 5.77. The van der Waals surface area contributed by atoms with Crippen molar-refractivity contribution in [2.24, 2.45) is 11.3 Å². The molecule has 1 spiro atoms. The zero-order valence-electron chi connectivity index (χ0n) is 16.7. The molecule has 0 aliphatic carbocycles. The second-order valence-corrected chi connectivity index (χ2v) is 7.78. The molecular weight excluding hydrogens is 374 g/mol. The highest BCUT2D eigenvalue weighted by atomic mass is 16.5. The van der Waals surface area contributed by atoms with Gasteiger partial charge >= 0.3 is 0 Å². The Morgan fingerprint density at radius 3 is 2.76 bits per heavy atom. The minimum absolute atomic E-state index is 0.0491. The van der Waals surface area contributed by atoms with Crippen LogP contribution in [0, 0.1) is 11.3 Å². The maximum atomic E-state index is 13.5. The molecule has 2 amide bonds. The zero-order chi connectivity index (χ0) is 20.8. The first-order chi connectivity index (χ1) is 13.9. The van der Waals surface area contributed by atoms with Gasteiger partial charge in [0.25, 0.3) is 5.91 Å². The summed E-state index contributed by atoms with van der Waals surface area (Å²) in [6.45, 7) is 2.17. The van der Waals surface area contributed by atoms with Gasteiger partial charge in [-0.05, 0) is 18.6 Å². The lowest BCUT2D eigenvalue weighted by atomic mass is 9.71. The smallest absolute Gasteiger partial charge is 0.292 e. The van der Waals surface area contributed by atoms with Gasteiger partial charge in [0.05, 0.1) is 22.6 Å². The number of nitrogens with zero attached hydrogens (tertiary/aromatic N) is 3. The highest BCUT2D eigenvalue weighted by Gasteiger charge is 2.59. The second-order valence-electron chi connectivity index (χ2n) is 7.78. The number of hydrogen-bond donors (Lipinski definition) is 0. The van der Waals surface area contributed by atoms with Crippen LogP contribution in [-0.2, 0) is 11.2 Å². The number of aromatic nitrogens is 1. The quantitative estimate of drug-likeness (QED) is 0.782. The Kier molecular flexibility index (Phi) is 4.64. The maximum Gasteiger partial charge on any atom is 0.292 e. The molecule has 1 aromatic heterocycles. The number of carbonyl (C=O) groups is 3. The molecule has 8 heteroatoms. The summed E-state index contributed by atoms with van der Waals surface area (Å²) in [7, 11) is 3.29. The summed E-state index contributed by atoms with van der Waals surface area (Å²) >= 11 is 0. The number of benzene rings is 1. The predicted octanol–water partition coefficient (Wildman–Crippen LogP) is 1.66. The normalized spacial score (nSPS) is 23.1. The third-order valence-corrected chi connectivity index (χ3v) is 5.77. The van der Waals surface area contributed by atoms with Gasteiger partial charge in [-0.25, -0.2) is 0 Å². The van der Waals surface area contributed by atoms with Crippen LogP contribution in [0.25, 0.3) is 0 Å². The Morgan fingerprint density at radius 2 is 2.07 bits per heavy atom.